The Bertz CT molecular complexity index is 1110. The predicted molar refractivity (Wildman–Crippen MR) is 152 cm³/mol. The molecule has 0 radical (unpaired) electrons. The van der Waals surface area contributed by atoms with E-state index in [0.717, 1.165) is 89.7 Å². The molecule has 0 spiro atoms. The van der Waals surface area contributed by atoms with Crippen molar-refractivity contribution in [1.29, 1.82) is 0 Å². The second-order valence-corrected chi connectivity index (χ2v) is 11.2. The number of methoxy groups -OCH3 is 2. The Morgan fingerprint density at radius 3 is 1.46 bits per heavy atom. The van der Waals surface area contributed by atoms with E-state index in [0.29, 0.717) is 0 Å². The summed E-state index contributed by atoms with van der Waals surface area (Å²) in [6, 6.07) is 9.37. The van der Waals surface area contributed by atoms with Crippen LogP contribution in [0.15, 0.2) is 24.3 Å². The molecule has 2 aliphatic rings. The molecule has 0 unspecified atom stereocenters. The number of halogens is 1. The maximum atomic E-state index is 5.26. The molecule has 2 saturated heterocycles. The van der Waals surface area contributed by atoms with Gasteiger partial charge in [-0.2, -0.15) is 0 Å². The Morgan fingerprint density at radius 1 is 0.676 bits per heavy atom. The third-order valence-corrected chi connectivity index (χ3v) is 8.70. The smallest absolute Gasteiger partial charge is 0.259 e. The number of hydrogen-bond acceptors (Lipinski definition) is 7. The van der Waals surface area contributed by atoms with Crippen molar-refractivity contribution < 1.29 is 33.5 Å². The molecule has 0 atom stereocenters. The molecule has 2 aliphatic heterocycles. The van der Waals surface area contributed by atoms with Crippen LogP contribution in [-0.4, -0.2) is 108 Å². The summed E-state index contributed by atoms with van der Waals surface area (Å²) >= 11 is 1.89. The zero-order valence-corrected chi connectivity index (χ0v) is 25.6. The van der Waals surface area contributed by atoms with Crippen LogP contribution in [0.3, 0.4) is 0 Å². The van der Waals surface area contributed by atoms with E-state index in [2.05, 4.69) is 57.7 Å². The SMILES string of the molecule is COCCN1CCN(c2cc(C)c3nc4c(C)cc(N5CCN(CCOC)CC5)cc4[s+]c3c2)CC1.[I-]. The van der Waals surface area contributed by atoms with E-state index in [1.54, 1.807) is 14.2 Å². The van der Waals surface area contributed by atoms with Crippen LogP contribution in [0.2, 0.25) is 0 Å². The highest BCUT2D eigenvalue weighted by Crippen LogP contribution is 2.35. The summed E-state index contributed by atoms with van der Waals surface area (Å²) in [5.41, 5.74) is 7.44. The number of nitrogens with zero attached hydrogens (tertiary/aromatic N) is 5. The van der Waals surface area contributed by atoms with Crippen LogP contribution in [0.4, 0.5) is 11.4 Å². The van der Waals surface area contributed by atoms with E-state index < -0.39 is 0 Å². The number of aromatic nitrogens is 1. The number of piperazine rings is 2. The lowest BCUT2D eigenvalue weighted by molar-refractivity contribution is -0.00000805. The van der Waals surface area contributed by atoms with Crippen LogP contribution in [0.5, 0.6) is 0 Å². The summed E-state index contributed by atoms with van der Waals surface area (Å²) in [6.07, 6.45) is 0. The Balaban J connectivity index is 0.00000320. The fraction of sp³-hybridized carbons (Fsp3) is 0.571. The van der Waals surface area contributed by atoms with Gasteiger partial charge in [0.2, 0.25) is 11.3 Å². The molecular formula is C28H40IN5O2S. The van der Waals surface area contributed by atoms with E-state index in [-0.39, 0.29) is 24.0 Å². The van der Waals surface area contributed by atoms with Crippen LogP contribution < -0.4 is 33.8 Å². The minimum atomic E-state index is 0. The Morgan fingerprint density at radius 2 is 1.08 bits per heavy atom. The second kappa shape index (κ2) is 13.1. The number of aryl methyl sites for hydroxylation is 2. The zero-order valence-electron chi connectivity index (χ0n) is 22.6. The summed E-state index contributed by atoms with van der Waals surface area (Å²) in [6.45, 7) is 16.6. The van der Waals surface area contributed by atoms with Gasteiger partial charge in [0.15, 0.2) is 0 Å². The van der Waals surface area contributed by atoms with E-state index in [9.17, 15) is 0 Å². The largest absolute Gasteiger partial charge is 1.00 e. The van der Waals surface area contributed by atoms with Crippen molar-refractivity contribution >= 4 is 43.1 Å². The minimum absolute atomic E-state index is 0. The topological polar surface area (TPSA) is 44.3 Å². The lowest BCUT2D eigenvalue weighted by Gasteiger charge is -2.36. The van der Waals surface area contributed by atoms with Gasteiger partial charge in [0.05, 0.1) is 13.2 Å². The molecule has 9 heteroatoms. The molecule has 3 heterocycles. The van der Waals surface area contributed by atoms with Gasteiger partial charge in [0.25, 0.3) is 9.40 Å². The summed E-state index contributed by atoms with van der Waals surface area (Å²) in [7, 11) is 3.56. The number of hydrogen-bond donors (Lipinski definition) is 0. The standard InChI is InChI=1S/C28H40N5O2S.HI/c1-21-17-23(32-9-5-30(6-10-32)13-15-34-3)19-25-27(21)29-28-22(2)18-24(20-26(28)36-25)33-11-7-31(8-12-33)14-16-35-4;/h17-20H,5-16H2,1-4H3;1H/q+1;/p-1. The molecule has 0 N–H and O–H groups in total. The highest BCUT2D eigenvalue weighted by molar-refractivity contribution is 7.24. The highest BCUT2D eigenvalue weighted by Gasteiger charge is 2.24. The molecule has 2 aromatic carbocycles. The predicted octanol–water partition coefficient (Wildman–Crippen LogP) is 0.888. The molecule has 7 nitrogen and oxygen atoms in total. The van der Waals surface area contributed by atoms with Gasteiger partial charge in [0, 0.05) is 103 Å². The molecule has 202 valence electrons. The van der Waals surface area contributed by atoms with Crippen molar-refractivity contribution in [2.45, 2.75) is 13.8 Å². The maximum Gasteiger partial charge on any atom is 0.259 e. The highest BCUT2D eigenvalue weighted by atomic mass is 127. The van der Waals surface area contributed by atoms with Gasteiger partial charge in [-0.05, 0) is 37.1 Å². The summed E-state index contributed by atoms with van der Waals surface area (Å²) in [5, 5.41) is 0. The molecule has 0 amide bonds. The normalized spacial score (nSPS) is 17.5. The molecule has 2 fully saturated rings. The second-order valence-electron chi connectivity index (χ2n) is 10.1. The average Bonchev–Trinajstić information content (AvgIpc) is 2.90. The van der Waals surface area contributed by atoms with Crippen molar-refractivity contribution in [2.75, 3.05) is 103 Å². The van der Waals surface area contributed by atoms with Crippen LogP contribution in [0.25, 0.3) is 20.4 Å². The van der Waals surface area contributed by atoms with Gasteiger partial charge >= 0.3 is 0 Å². The lowest BCUT2D eigenvalue weighted by Crippen LogP contribution is -3.00. The lowest BCUT2D eigenvalue weighted by atomic mass is 10.1. The van der Waals surface area contributed by atoms with Crippen LogP contribution in [0, 0.1) is 13.8 Å². The van der Waals surface area contributed by atoms with E-state index in [1.807, 2.05) is 11.3 Å². The Labute approximate surface area is 242 Å². The van der Waals surface area contributed by atoms with E-state index in [4.69, 9.17) is 14.5 Å². The van der Waals surface area contributed by atoms with Crippen LogP contribution >= 0.6 is 11.3 Å². The first kappa shape index (κ1) is 28.6. The first-order valence-corrected chi connectivity index (χ1v) is 14.0. The average molecular weight is 638 g/mol. The number of ether oxygens (including phenoxy) is 2. The minimum Gasteiger partial charge on any atom is -1.00 e. The Kier molecular flexibility index (Phi) is 10.2. The van der Waals surface area contributed by atoms with Crippen molar-refractivity contribution in [3.8, 4) is 0 Å². The maximum absolute atomic E-state index is 5.26. The molecule has 0 saturated carbocycles. The van der Waals surface area contributed by atoms with Gasteiger partial charge in [0.1, 0.15) is 11.0 Å². The van der Waals surface area contributed by atoms with E-state index in [1.165, 1.54) is 31.9 Å². The zero-order chi connectivity index (χ0) is 25.1. The Hall–Kier alpha value is -1.37. The molecular weight excluding hydrogens is 597 g/mol. The number of anilines is 2. The number of benzene rings is 2. The first-order valence-electron chi connectivity index (χ1n) is 13.2. The molecule has 3 aromatic rings. The third-order valence-electron chi connectivity index (χ3n) is 7.64. The van der Waals surface area contributed by atoms with Gasteiger partial charge in [-0.1, -0.05) is 0 Å². The van der Waals surface area contributed by atoms with Crippen LogP contribution in [-0.2, 0) is 9.47 Å². The first-order chi connectivity index (χ1) is 17.6. The van der Waals surface area contributed by atoms with Crippen molar-refractivity contribution in [2.24, 2.45) is 0 Å². The monoisotopic (exact) mass is 637 g/mol. The quantitative estimate of drug-likeness (QED) is 0.207. The number of fused-ring (bicyclic) bond motifs is 2. The summed E-state index contributed by atoms with van der Waals surface area (Å²) in [5.74, 6) is 0. The molecule has 0 bridgehead atoms. The molecule has 37 heavy (non-hydrogen) atoms. The van der Waals surface area contributed by atoms with Gasteiger partial charge in [-0.25, -0.2) is 4.98 Å². The van der Waals surface area contributed by atoms with Crippen molar-refractivity contribution in [1.82, 2.24) is 14.8 Å². The summed E-state index contributed by atoms with van der Waals surface area (Å²) in [4.78, 5) is 15.2. The molecule has 1 aromatic heterocycles. The molecule has 5 rings (SSSR count). The van der Waals surface area contributed by atoms with Crippen molar-refractivity contribution in [3.63, 3.8) is 0 Å². The third kappa shape index (κ3) is 6.62. The number of rotatable bonds is 8. The molecule has 0 aliphatic carbocycles. The fourth-order valence-corrected chi connectivity index (χ4v) is 6.60. The fourth-order valence-electron chi connectivity index (χ4n) is 5.40. The van der Waals surface area contributed by atoms with E-state index >= 15 is 0 Å². The van der Waals surface area contributed by atoms with Gasteiger partial charge < -0.3 is 43.3 Å². The summed E-state index contributed by atoms with van der Waals surface area (Å²) < 4.78 is 13.1. The van der Waals surface area contributed by atoms with Crippen LogP contribution in [0.1, 0.15) is 11.1 Å². The van der Waals surface area contributed by atoms with Crippen molar-refractivity contribution in [3.05, 3.63) is 35.4 Å². The van der Waals surface area contributed by atoms with Gasteiger partial charge in [-0.15, -0.1) is 0 Å². The van der Waals surface area contributed by atoms with Gasteiger partial charge in [-0.3, -0.25) is 9.80 Å².